The number of amides is 1. The molecule has 5 nitrogen and oxygen atoms in total. The summed E-state index contributed by atoms with van der Waals surface area (Å²) in [5.74, 6) is -1.47. The van der Waals surface area contributed by atoms with Crippen molar-refractivity contribution < 1.29 is 23.8 Å². The molecule has 0 aliphatic carbocycles. The van der Waals surface area contributed by atoms with Gasteiger partial charge in [-0.15, -0.1) is 11.8 Å². The Morgan fingerprint density at radius 2 is 2.04 bits per heavy atom. The van der Waals surface area contributed by atoms with Crippen LogP contribution in [-0.2, 0) is 11.3 Å². The Morgan fingerprint density at radius 3 is 2.68 bits per heavy atom. The number of rotatable bonds is 7. The molecule has 0 heterocycles. The number of nitrogens with one attached hydrogen (secondary N) is 1. The van der Waals surface area contributed by atoms with Gasteiger partial charge in [0.1, 0.15) is 17.1 Å². The van der Waals surface area contributed by atoms with Gasteiger partial charge in [-0.2, -0.15) is 0 Å². The highest BCUT2D eigenvalue weighted by molar-refractivity contribution is 8.00. The summed E-state index contributed by atoms with van der Waals surface area (Å²) in [5.41, 5.74) is 0.672. The van der Waals surface area contributed by atoms with E-state index < -0.39 is 11.8 Å². The maximum atomic E-state index is 13.1. The molecular weight excluding hydrogens is 369 g/mol. The van der Waals surface area contributed by atoms with Crippen LogP contribution in [0.15, 0.2) is 41.3 Å². The van der Waals surface area contributed by atoms with E-state index in [9.17, 15) is 14.0 Å². The molecule has 0 saturated carbocycles. The van der Waals surface area contributed by atoms with Crippen LogP contribution in [0.2, 0.25) is 5.02 Å². The maximum Gasteiger partial charge on any atom is 0.339 e. The van der Waals surface area contributed by atoms with Crippen LogP contribution in [0.5, 0.6) is 5.75 Å². The molecule has 2 aromatic rings. The number of carbonyl (C=O) groups excluding carboxylic acids is 1. The van der Waals surface area contributed by atoms with E-state index in [-0.39, 0.29) is 34.5 Å². The number of aromatic carboxylic acids is 1. The number of hydrogen-bond acceptors (Lipinski definition) is 4. The van der Waals surface area contributed by atoms with Crippen molar-refractivity contribution in [2.24, 2.45) is 0 Å². The van der Waals surface area contributed by atoms with Crippen LogP contribution in [-0.4, -0.2) is 29.8 Å². The van der Waals surface area contributed by atoms with E-state index in [2.05, 4.69) is 5.32 Å². The Balaban J connectivity index is 1.90. The van der Waals surface area contributed by atoms with Crippen LogP contribution in [0.1, 0.15) is 15.9 Å². The Labute approximate surface area is 153 Å². The normalized spacial score (nSPS) is 10.4. The van der Waals surface area contributed by atoms with Crippen LogP contribution < -0.4 is 10.1 Å². The minimum absolute atomic E-state index is 0.00448. The summed E-state index contributed by atoms with van der Waals surface area (Å²) in [6, 6.07) is 8.92. The lowest BCUT2D eigenvalue weighted by Crippen LogP contribution is -2.24. The Bertz CT molecular complexity index is 800. The van der Waals surface area contributed by atoms with Crippen molar-refractivity contribution in [3.05, 3.63) is 58.4 Å². The second-order valence-electron chi connectivity index (χ2n) is 4.98. The maximum absolute atomic E-state index is 13.1. The standard InChI is InChI=1S/C17H15ClFNO4S/c1-24-15-5-2-10(6-12(15)17(22)23)8-20-16(21)9-25-11-3-4-14(19)13(18)7-11/h2-7H,8-9H2,1H3,(H,20,21)(H,22,23). The fraction of sp³-hybridized carbons (Fsp3) is 0.176. The largest absolute Gasteiger partial charge is 0.496 e. The van der Waals surface area contributed by atoms with Gasteiger partial charge in [0.05, 0.1) is 17.9 Å². The van der Waals surface area contributed by atoms with Gasteiger partial charge < -0.3 is 15.2 Å². The third-order valence-electron chi connectivity index (χ3n) is 3.24. The summed E-state index contributed by atoms with van der Waals surface area (Å²) in [5, 5.41) is 11.8. The van der Waals surface area contributed by atoms with Gasteiger partial charge in [-0.05, 0) is 35.9 Å². The molecule has 2 rings (SSSR count). The fourth-order valence-electron chi connectivity index (χ4n) is 2.00. The van der Waals surface area contributed by atoms with Gasteiger partial charge in [0.15, 0.2) is 0 Å². The van der Waals surface area contributed by atoms with Crippen molar-refractivity contribution in [2.75, 3.05) is 12.9 Å². The average molecular weight is 384 g/mol. The predicted octanol–water partition coefficient (Wildman–Crippen LogP) is 3.59. The lowest BCUT2D eigenvalue weighted by molar-refractivity contribution is -0.118. The molecule has 0 spiro atoms. The summed E-state index contributed by atoms with van der Waals surface area (Å²) in [6.45, 7) is 0.188. The number of carboxylic acids is 1. The number of carboxylic acid groups (broad SMARTS) is 1. The zero-order valence-electron chi connectivity index (χ0n) is 13.2. The topological polar surface area (TPSA) is 75.6 Å². The van der Waals surface area contributed by atoms with Crippen LogP contribution >= 0.6 is 23.4 Å². The highest BCUT2D eigenvalue weighted by Gasteiger charge is 2.12. The smallest absolute Gasteiger partial charge is 0.339 e. The first-order valence-electron chi connectivity index (χ1n) is 7.15. The molecule has 25 heavy (non-hydrogen) atoms. The second kappa shape index (κ2) is 8.73. The first kappa shape index (κ1) is 19.1. The monoisotopic (exact) mass is 383 g/mol. The van der Waals surface area contributed by atoms with Crippen molar-refractivity contribution in [3.63, 3.8) is 0 Å². The fourth-order valence-corrected chi connectivity index (χ4v) is 3.01. The van der Waals surface area contributed by atoms with Crippen LogP contribution in [0.25, 0.3) is 0 Å². The van der Waals surface area contributed by atoms with Crippen molar-refractivity contribution in [1.82, 2.24) is 5.32 Å². The Kier molecular flexibility index (Phi) is 6.66. The predicted molar refractivity (Wildman–Crippen MR) is 93.9 cm³/mol. The first-order chi connectivity index (χ1) is 11.9. The van der Waals surface area contributed by atoms with E-state index in [4.69, 9.17) is 21.4 Å². The van der Waals surface area contributed by atoms with Crippen LogP contribution in [0.3, 0.4) is 0 Å². The van der Waals surface area contributed by atoms with E-state index in [1.807, 2.05) is 0 Å². The minimum Gasteiger partial charge on any atom is -0.496 e. The van der Waals surface area contributed by atoms with Crippen molar-refractivity contribution in [1.29, 1.82) is 0 Å². The molecule has 8 heteroatoms. The highest BCUT2D eigenvalue weighted by atomic mass is 35.5. The van der Waals surface area contributed by atoms with E-state index in [0.29, 0.717) is 10.5 Å². The zero-order valence-corrected chi connectivity index (χ0v) is 14.8. The van der Waals surface area contributed by atoms with Crippen molar-refractivity contribution in [2.45, 2.75) is 11.4 Å². The van der Waals surface area contributed by atoms with Gasteiger partial charge in [0.2, 0.25) is 5.91 Å². The van der Waals surface area contributed by atoms with Gasteiger partial charge in [0.25, 0.3) is 0 Å². The average Bonchev–Trinajstić information content (AvgIpc) is 2.60. The molecule has 2 N–H and O–H groups in total. The van der Waals surface area contributed by atoms with E-state index in [1.54, 1.807) is 18.2 Å². The molecule has 2 aromatic carbocycles. The molecule has 0 bridgehead atoms. The van der Waals surface area contributed by atoms with E-state index in [1.165, 1.54) is 37.1 Å². The summed E-state index contributed by atoms with van der Waals surface area (Å²) in [6.07, 6.45) is 0. The summed E-state index contributed by atoms with van der Waals surface area (Å²) < 4.78 is 18.1. The summed E-state index contributed by atoms with van der Waals surface area (Å²) >= 11 is 6.91. The van der Waals surface area contributed by atoms with E-state index in [0.717, 1.165) is 0 Å². The number of hydrogen-bond donors (Lipinski definition) is 2. The SMILES string of the molecule is COc1ccc(CNC(=O)CSc2ccc(F)c(Cl)c2)cc1C(=O)O. The second-order valence-corrected chi connectivity index (χ2v) is 6.44. The zero-order chi connectivity index (χ0) is 18.4. The van der Waals surface area contributed by atoms with Gasteiger partial charge in [0, 0.05) is 11.4 Å². The molecule has 0 saturated heterocycles. The van der Waals surface area contributed by atoms with Crippen LogP contribution in [0.4, 0.5) is 4.39 Å². The lowest BCUT2D eigenvalue weighted by Gasteiger charge is -2.09. The lowest BCUT2D eigenvalue weighted by atomic mass is 10.1. The molecule has 0 aromatic heterocycles. The van der Waals surface area contributed by atoms with Crippen LogP contribution in [0, 0.1) is 5.82 Å². The Morgan fingerprint density at radius 1 is 1.28 bits per heavy atom. The molecule has 132 valence electrons. The molecular formula is C17H15ClFNO4S. The number of ether oxygens (including phenoxy) is 1. The third kappa shape index (κ3) is 5.37. The van der Waals surface area contributed by atoms with Gasteiger partial charge in [-0.25, -0.2) is 9.18 Å². The van der Waals surface area contributed by atoms with Gasteiger partial charge in [-0.3, -0.25) is 4.79 Å². The molecule has 0 aliphatic heterocycles. The number of benzene rings is 2. The van der Waals surface area contributed by atoms with Gasteiger partial charge in [-0.1, -0.05) is 17.7 Å². The molecule has 0 unspecified atom stereocenters. The van der Waals surface area contributed by atoms with Crippen molar-refractivity contribution in [3.8, 4) is 5.75 Å². The Hall–Kier alpha value is -2.25. The first-order valence-corrected chi connectivity index (χ1v) is 8.52. The summed E-state index contributed by atoms with van der Waals surface area (Å²) in [4.78, 5) is 23.8. The summed E-state index contributed by atoms with van der Waals surface area (Å²) in [7, 11) is 1.39. The molecule has 0 radical (unpaired) electrons. The molecule has 0 fully saturated rings. The van der Waals surface area contributed by atoms with Crippen molar-refractivity contribution >= 4 is 35.2 Å². The number of halogens is 2. The minimum atomic E-state index is -1.10. The number of carbonyl (C=O) groups is 2. The number of thioether (sulfide) groups is 1. The number of methoxy groups -OCH3 is 1. The molecule has 0 atom stereocenters. The van der Waals surface area contributed by atoms with Gasteiger partial charge >= 0.3 is 5.97 Å². The third-order valence-corrected chi connectivity index (χ3v) is 4.53. The van der Waals surface area contributed by atoms with E-state index >= 15 is 0 Å². The highest BCUT2D eigenvalue weighted by Crippen LogP contribution is 2.24. The molecule has 0 aliphatic rings. The molecule has 1 amide bonds. The quantitative estimate of drug-likeness (QED) is 0.714.